The molecule has 0 aromatic heterocycles. The van der Waals surface area contributed by atoms with Crippen molar-refractivity contribution in [1.82, 2.24) is 10.6 Å². The van der Waals surface area contributed by atoms with E-state index in [-0.39, 0.29) is 17.9 Å². The van der Waals surface area contributed by atoms with Gasteiger partial charge in [-0.05, 0) is 31.1 Å². The Balaban J connectivity index is 4.93. The van der Waals surface area contributed by atoms with E-state index in [1.165, 1.54) is 0 Å². The molecule has 0 aliphatic heterocycles. The first-order valence-corrected chi connectivity index (χ1v) is 7.83. The molecule has 122 valence electrons. The largest absolute Gasteiger partial charge is 0.351 e. The fourth-order valence-electron chi connectivity index (χ4n) is 2.35. The summed E-state index contributed by atoms with van der Waals surface area (Å²) in [5.74, 6) is 0.658. The highest BCUT2D eigenvalue weighted by Crippen LogP contribution is 2.13. The van der Waals surface area contributed by atoms with Crippen molar-refractivity contribution in [2.24, 2.45) is 17.8 Å². The van der Waals surface area contributed by atoms with E-state index in [0.29, 0.717) is 29.7 Å². The van der Waals surface area contributed by atoms with Crippen molar-refractivity contribution < 1.29 is 9.59 Å². The number of rotatable bonds is 8. The number of carbonyl (C=O) groups is 2. The zero-order valence-electron chi connectivity index (χ0n) is 14.6. The molecular weight excluding hydrogens is 264 g/mol. The molecule has 0 aromatic carbocycles. The maximum Gasteiger partial charge on any atom is 0.246 e. The molecule has 2 amide bonds. The second-order valence-corrected chi connectivity index (χ2v) is 6.96. The van der Waals surface area contributed by atoms with Crippen LogP contribution in [0.4, 0.5) is 0 Å². The third-order valence-corrected chi connectivity index (χ3v) is 3.46. The van der Waals surface area contributed by atoms with Crippen molar-refractivity contribution in [2.45, 2.75) is 67.0 Å². The maximum absolute atomic E-state index is 12.5. The summed E-state index contributed by atoms with van der Waals surface area (Å²) < 4.78 is 0. The third kappa shape index (κ3) is 7.30. The van der Waals surface area contributed by atoms with Crippen LogP contribution in [0.1, 0.15) is 54.9 Å². The van der Waals surface area contributed by atoms with Gasteiger partial charge in [-0.25, -0.2) is 0 Å². The second-order valence-electron chi connectivity index (χ2n) is 6.96. The Bertz CT molecular complexity index is 365. The molecule has 4 nitrogen and oxygen atoms in total. The lowest BCUT2D eigenvalue weighted by molar-refractivity contribution is -0.128. The first-order valence-electron chi connectivity index (χ1n) is 7.83. The molecule has 21 heavy (non-hydrogen) atoms. The molecule has 0 rings (SSSR count). The van der Waals surface area contributed by atoms with Crippen molar-refractivity contribution in [1.29, 1.82) is 0 Å². The Kier molecular flexibility index (Phi) is 8.30. The molecule has 0 heterocycles. The topological polar surface area (TPSA) is 58.2 Å². The van der Waals surface area contributed by atoms with Crippen LogP contribution in [0.25, 0.3) is 0 Å². The molecule has 4 heteroatoms. The lowest BCUT2D eigenvalue weighted by Crippen LogP contribution is -2.52. The molecule has 0 unspecified atom stereocenters. The number of nitrogens with one attached hydrogen (secondary N) is 2. The predicted molar refractivity (Wildman–Crippen MR) is 87.8 cm³/mol. The Hall–Kier alpha value is -1.32. The standard InChI is InChI=1S/C17H32N2O2/c1-10(2)9-14(18-16(20)13(7)8)17(21)19-15(11(3)4)12(5)6/h10-12,14-15H,7,9H2,1-6,8H3,(H,18,20)(H,19,21)/t14-/m0/s1. The summed E-state index contributed by atoms with van der Waals surface area (Å²) in [6.45, 7) is 17.7. The van der Waals surface area contributed by atoms with E-state index < -0.39 is 6.04 Å². The van der Waals surface area contributed by atoms with Crippen molar-refractivity contribution in [2.75, 3.05) is 0 Å². The molecule has 0 saturated carbocycles. The van der Waals surface area contributed by atoms with Gasteiger partial charge in [0.25, 0.3) is 0 Å². The molecule has 2 N–H and O–H groups in total. The van der Waals surface area contributed by atoms with Gasteiger partial charge in [0.1, 0.15) is 6.04 Å². The quantitative estimate of drug-likeness (QED) is 0.677. The Morgan fingerprint density at radius 3 is 1.76 bits per heavy atom. The van der Waals surface area contributed by atoms with Gasteiger partial charge in [0.2, 0.25) is 11.8 Å². The SMILES string of the molecule is C=C(C)C(=O)N[C@@H](CC(C)C)C(=O)NC(C(C)C)C(C)C. The number of hydrogen-bond donors (Lipinski definition) is 2. The summed E-state index contributed by atoms with van der Waals surface area (Å²) in [6, 6.07) is -0.400. The minimum Gasteiger partial charge on any atom is -0.351 e. The van der Waals surface area contributed by atoms with Gasteiger partial charge in [0.15, 0.2) is 0 Å². The van der Waals surface area contributed by atoms with E-state index in [1.807, 2.05) is 13.8 Å². The summed E-state index contributed by atoms with van der Waals surface area (Å²) in [5.41, 5.74) is 0.417. The van der Waals surface area contributed by atoms with E-state index in [4.69, 9.17) is 0 Å². The minimum atomic E-state index is -0.505. The number of hydrogen-bond acceptors (Lipinski definition) is 2. The van der Waals surface area contributed by atoms with E-state index in [1.54, 1.807) is 6.92 Å². The lowest BCUT2D eigenvalue weighted by atomic mass is 9.92. The normalized spacial score (nSPS) is 12.9. The van der Waals surface area contributed by atoms with E-state index >= 15 is 0 Å². The van der Waals surface area contributed by atoms with Crippen molar-refractivity contribution in [3.8, 4) is 0 Å². The van der Waals surface area contributed by atoms with Crippen LogP contribution in [0.5, 0.6) is 0 Å². The van der Waals surface area contributed by atoms with E-state index in [0.717, 1.165) is 0 Å². The van der Waals surface area contributed by atoms with Gasteiger partial charge in [0.05, 0.1) is 0 Å². The third-order valence-electron chi connectivity index (χ3n) is 3.46. The fraction of sp³-hybridized carbons (Fsp3) is 0.765. The summed E-state index contributed by atoms with van der Waals surface area (Å²) >= 11 is 0. The van der Waals surface area contributed by atoms with E-state index in [9.17, 15) is 9.59 Å². The second kappa shape index (κ2) is 8.85. The highest BCUT2D eigenvalue weighted by atomic mass is 16.2. The maximum atomic E-state index is 12.5. The zero-order valence-corrected chi connectivity index (χ0v) is 14.6. The van der Waals surface area contributed by atoms with Crippen LogP contribution in [0.15, 0.2) is 12.2 Å². The molecular formula is C17H32N2O2. The van der Waals surface area contributed by atoms with E-state index in [2.05, 4.69) is 44.9 Å². The molecule has 0 aliphatic carbocycles. The van der Waals surface area contributed by atoms with Gasteiger partial charge in [-0.2, -0.15) is 0 Å². The van der Waals surface area contributed by atoms with Crippen molar-refractivity contribution >= 4 is 11.8 Å². The molecule has 1 atom stereocenters. The smallest absolute Gasteiger partial charge is 0.246 e. The molecule has 0 aliphatic rings. The first kappa shape index (κ1) is 19.7. The van der Waals surface area contributed by atoms with Gasteiger partial charge in [-0.15, -0.1) is 0 Å². The summed E-state index contributed by atoms with van der Waals surface area (Å²) in [7, 11) is 0. The lowest BCUT2D eigenvalue weighted by Gasteiger charge is -2.29. The molecule has 0 aromatic rings. The van der Waals surface area contributed by atoms with Crippen LogP contribution in [0, 0.1) is 17.8 Å². The Morgan fingerprint density at radius 2 is 1.43 bits per heavy atom. The molecule has 0 saturated heterocycles. The predicted octanol–water partition coefficient (Wildman–Crippen LogP) is 2.89. The van der Waals surface area contributed by atoms with Gasteiger partial charge in [-0.3, -0.25) is 9.59 Å². The molecule has 0 spiro atoms. The van der Waals surface area contributed by atoms with Gasteiger partial charge in [0, 0.05) is 11.6 Å². The average molecular weight is 296 g/mol. The number of amides is 2. The van der Waals surface area contributed by atoms with Gasteiger partial charge >= 0.3 is 0 Å². The van der Waals surface area contributed by atoms with Crippen LogP contribution in [-0.2, 0) is 9.59 Å². The van der Waals surface area contributed by atoms with Crippen molar-refractivity contribution in [3.05, 3.63) is 12.2 Å². The Morgan fingerprint density at radius 1 is 0.952 bits per heavy atom. The number of carbonyl (C=O) groups excluding carboxylic acids is 2. The van der Waals surface area contributed by atoms with Crippen molar-refractivity contribution in [3.63, 3.8) is 0 Å². The van der Waals surface area contributed by atoms with Crippen LogP contribution in [0.3, 0.4) is 0 Å². The summed E-state index contributed by atoms with van der Waals surface area (Å²) in [6.07, 6.45) is 0.619. The van der Waals surface area contributed by atoms with Crippen LogP contribution < -0.4 is 10.6 Å². The fourth-order valence-corrected chi connectivity index (χ4v) is 2.35. The zero-order chi connectivity index (χ0) is 16.7. The highest BCUT2D eigenvalue weighted by molar-refractivity contribution is 5.96. The van der Waals surface area contributed by atoms with Crippen LogP contribution >= 0.6 is 0 Å². The van der Waals surface area contributed by atoms with Crippen LogP contribution in [0.2, 0.25) is 0 Å². The monoisotopic (exact) mass is 296 g/mol. The highest BCUT2D eigenvalue weighted by Gasteiger charge is 2.26. The molecule has 0 radical (unpaired) electrons. The molecule has 0 fully saturated rings. The molecule has 0 bridgehead atoms. The first-order chi connectivity index (χ1) is 9.56. The van der Waals surface area contributed by atoms with Crippen LogP contribution in [-0.4, -0.2) is 23.9 Å². The summed E-state index contributed by atoms with van der Waals surface area (Å²) in [5, 5.41) is 5.86. The van der Waals surface area contributed by atoms with Gasteiger partial charge in [-0.1, -0.05) is 48.1 Å². The summed E-state index contributed by atoms with van der Waals surface area (Å²) in [4.78, 5) is 24.3. The Labute approximate surface area is 129 Å². The average Bonchev–Trinajstić information content (AvgIpc) is 2.32. The van der Waals surface area contributed by atoms with Gasteiger partial charge < -0.3 is 10.6 Å². The minimum absolute atomic E-state index is 0.105.